The fourth-order valence-electron chi connectivity index (χ4n) is 1.60. The van der Waals surface area contributed by atoms with Gasteiger partial charge in [-0.05, 0) is 25.0 Å². The highest BCUT2D eigenvalue weighted by Gasteiger charge is 2.02. The molecule has 0 amide bonds. The number of nitrogens with zero attached hydrogens (tertiary/aromatic N) is 3. The molecule has 0 aliphatic carbocycles. The molecular formula is C14H18N4O. The van der Waals surface area contributed by atoms with Crippen LogP contribution in [0.15, 0.2) is 30.7 Å². The molecule has 2 aromatic heterocycles. The zero-order valence-corrected chi connectivity index (χ0v) is 11.3. The van der Waals surface area contributed by atoms with Crippen molar-refractivity contribution in [2.75, 3.05) is 11.9 Å². The molecular weight excluding hydrogens is 240 g/mol. The molecule has 5 heteroatoms. The van der Waals surface area contributed by atoms with Gasteiger partial charge >= 0.3 is 0 Å². The van der Waals surface area contributed by atoms with Gasteiger partial charge in [0.1, 0.15) is 12.1 Å². The molecule has 0 aliphatic heterocycles. The van der Waals surface area contributed by atoms with E-state index in [2.05, 4.69) is 27.2 Å². The summed E-state index contributed by atoms with van der Waals surface area (Å²) in [5.41, 5.74) is 2.17. The van der Waals surface area contributed by atoms with Gasteiger partial charge in [0.15, 0.2) is 0 Å². The largest absolute Gasteiger partial charge is 0.478 e. The van der Waals surface area contributed by atoms with Crippen LogP contribution in [0.3, 0.4) is 0 Å². The van der Waals surface area contributed by atoms with Gasteiger partial charge in [-0.2, -0.15) is 0 Å². The van der Waals surface area contributed by atoms with Crippen molar-refractivity contribution in [3.63, 3.8) is 0 Å². The van der Waals surface area contributed by atoms with Crippen LogP contribution in [0.1, 0.15) is 24.6 Å². The Kier molecular flexibility index (Phi) is 4.66. The number of nitrogens with one attached hydrogen (secondary N) is 1. The molecule has 0 atom stereocenters. The van der Waals surface area contributed by atoms with Gasteiger partial charge in [0.05, 0.1) is 18.8 Å². The first kappa shape index (κ1) is 13.3. The van der Waals surface area contributed by atoms with Crippen LogP contribution in [0.4, 0.5) is 5.82 Å². The molecule has 0 spiro atoms. The lowest BCUT2D eigenvalue weighted by molar-refractivity contribution is 0.305. The molecule has 0 aromatic carbocycles. The third-order valence-corrected chi connectivity index (χ3v) is 2.65. The highest BCUT2D eigenvalue weighted by atomic mass is 16.5. The van der Waals surface area contributed by atoms with E-state index in [4.69, 9.17) is 4.74 Å². The lowest BCUT2D eigenvalue weighted by atomic mass is 10.2. The number of pyridine rings is 1. The molecule has 2 rings (SSSR count). The van der Waals surface area contributed by atoms with Crippen molar-refractivity contribution in [1.29, 1.82) is 0 Å². The fourth-order valence-corrected chi connectivity index (χ4v) is 1.60. The zero-order valence-electron chi connectivity index (χ0n) is 11.3. The predicted molar refractivity (Wildman–Crippen MR) is 74.1 cm³/mol. The van der Waals surface area contributed by atoms with Crippen molar-refractivity contribution >= 4 is 5.82 Å². The number of hydrogen-bond donors (Lipinski definition) is 1. The smallest absolute Gasteiger partial charge is 0.218 e. The van der Waals surface area contributed by atoms with E-state index >= 15 is 0 Å². The van der Waals surface area contributed by atoms with Crippen molar-refractivity contribution < 1.29 is 4.74 Å². The van der Waals surface area contributed by atoms with E-state index in [9.17, 15) is 0 Å². The monoisotopic (exact) mass is 258 g/mol. The maximum absolute atomic E-state index is 5.46. The van der Waals surface area contributed by atoms with Crippen LogP contribution < -0.4 is 10.1 Å². The summed E-state index contributed by atoms with van der Waals surface area (Å²) < 4.78 is 5.46. The van der Waals surface area contributed by atoms with Gasteiger partial charge in [0.2, 0.25) is 5.88 Å². The van der Waals surface area contributed by atoms with E-state index in [1.54, 1.807) is 12.3 Å². The lowest BCUT2D eigenvalue weighted by Crippen LogP contribution is -2.06. The highest BCUT2D eigenvalue weighted by Crippen LogP contribution is 2.12. The summed E-state index contributed by atoms with van der Waals surface area (Å²) in [5.74, 6) is 1.34. The van der Waals surface area contributed by atoms with Crippen molar-refractivity contribution in [3.8, 4) is 5.88 Å². The average molecular weight is 258 g/mol. The first-order chi connectivity index (χ1) is 9.29. The number of rotatable bonds is 6. The minimum atomic E-state index is 0.595. The molecule has 2 heterocycles. The summed E-state index contributed by atoms with van der Waals surface area (Å²) in [7, 11) is 0. The Morgan fingerprint density at radius 1 is 1.26 bits per heavy atom. The van der Waals surface area contributed by atoms with Gasteiger partial charge in [0, 0.05) is 12.3 Å². The number of aromatic nitrogens is 3. The Bertz CT molecular complexity index is 530. The molecule has 19 heavy (non-hydrogen) atoms. The minimum Gasteiger partial charge on any atom is -0.478 e. The highest BCUT2D eigenvalue weighted by molar-refractivity contribution is 5.38. The second-order valence-corrected chi connectivity index (χ2v) is 4.21. The van der Waals surface area contributed by atoms with Crippen LogP contribution in [0.25, 0.3) is 0 Å². The van der Waals surface area contributed by atoms with E-state index < -0.39 is 0 Å². The predicted octanol–water partition coefficient (Wildman–Crippen LogP) is 2.58. The molecule has 1 N–H and O–H groups in total. The van der Waals surface area contributed by atoms with Gasteiger partial charge in [-0.25, -0.2) is 9.97 Å². The third kappa shape index (κ3) is 3.91. The van der Waals surface area contributed by atoms with E-state index in [0.29, 0.717) is 19.0 Å². The second kappa shape index (κ2) is 6.68. The van der Waals surface area contributed by atoms with E-state index in [0.717, 1.165) is 23.5 Å². The van der Waals surface area contributed by atoms with Crippen LogP contribution in [0, 0.1) is 6.92 Å². The molecule has 0 bridgehead atoms. The SMILES string of the molecule is CCCOc1cc(NCc2ncccc2C)ncn1. The second-order valence-electron chi connectivity index (χ2n) is 4.21. The van der Waals surface area contributed by atoms with E-state index in [1.165, 1.54) is 6.33 Å². The molecule has 0 radical (unpaired) electrons. The van der Waals surface area contributed by atoms with Gasteiger partial charge in [-0.3, -0.25) is 4.98 Å². The minimum absolute atomic E-state index is 0.595. The van der Waals surface area contributed by atoms with Crippen molar-refractivity contribution in [2.24, 2.45) is 0 Å². The van der Waals surface area contributed by atoms with Gasteiger partial charge in [-0.1, -0.05) is 13.0 Å². The Morgan fingerprint density at radius 2 is 2.16 bits per heavy atom. The van der Waals surface area contributed by atoms with Gasteiger partial charge in [0.25, 0.3) is 0 Å². The maximum atomic E-state index is 5.46. The summed E-state index contributed by atoms with van der Waals surface area (Å²) in [6, 6.07) is 5.77. The van der Waals surface area contributed by atoms with E-state index in [1.807, 2.05) is 19.1 Å². The Hall–Kier alpha value is -2.17. The van der Waals surface area contributed by atoms with Crippen molar-refractivity contribution in [1.82, 2.24) is 15.0 Å². The summed E-state index contributed by atoms with van der Waals surface area (Å²) in [4.78, 5) is 12.6. The Balaban J connectivity index is 1.98. The number of anilines is 1. The van der Waals surface area contributed by atoms with Gasteiger partial charge < -0.3 is 10.1 Å². The van der Waals surface area contributed by atoms with Crippen LogP contribution in [-0.2, 0) is 6.54 Å². The molecule has 0 saturated heterocycles. The molecule has 0 aliphatic rings. The van der Waals surface area contributed by atoms with Gasteiger partial charge in [-0.15, -0.1) is 0 Å². The van der Waals surface area contributed by atoms with Crippen LogP contribution in [0.2, 0.25) is 0 Å². The molecule has 0 unspecified atom stereocenters. The Morgan fingerprint density at radius 3 is 2.95 bits per heavy atom. The normalized spacial score (nSPS) is 10.2. The third-order valence-electron chi connectivity index (χ3n) is 2.65. The Labute approximate surface area is 113 Å². The van der Waals surface area contributed by atoms with Crippen LogP contribution in [0.5, 0.6) is 5.88 Å². The topological polar surface area (TPSA) is 59.9 Å². The first-order valence-corrected chi connectivity index (χ1v) is 6.39. The quantitative estimate of drug-likeness (QED) is 0.863. The molecule has 2 aromatic rings. The average Bonchev–Trinajstić information content (AvgIpc) is 2.45. The maximum Gasteiger partial charge on any atom is 0.218 e. The summed E-state index contributed by atoms with van der Waals surface area (Å²) >= 11 is 0. The standard InChI is InChI=1S/C14H18N4O/c1-3-7-19-14-8-13(17-10-18-14)16-9-12-11(2)5-4-6-15-12/h4-6,8,10H,3,7,9H2,1-2H3,(H,16,17,18). The lowest BCUT2D eigenvalue weighted by Gasteiger charge is -2.08. The number of ether oxygens (including phenoxy) is 1. The molecule has 0 fully saturated rings. The fraction of sp³-hybridized carbons (Fsp3) is 0.357. The molecule has 0 saturated carbocycles. The number of aryl methyl sites for hydroxylation is 1. The van der Waals surface area contributed by atoms with Crippen molar-refractivity contribution in [2.45, 2.75) is 26.8 Å². The summed E-state index contributed by atoms with van der Waals surface area (Å²) in [5, 5.41) is 3.22. The molecule has 100 valence electrons. The van der Waals surface area contributed by atoms with Crippen LogP contribution >= 0.6 is 0 Å². The van der Waals surface area contributed by atoms with E-state index in [-0.39, 0.29) is 0 Å². The summed E-state index contributed by atoms with van der Waals surface area (Å²) in [6.45, 7) is 5.40. The van der Waals surface area contributed by atoms with Crippen LogP contribution in [-0.4, -0.2) is 21.6 Å². The molecule has 5 nitrogen and oxygen atoms in total. The first-order valence-electron chi connectivity index (χ1n) is 6.39. The number of hydrogen-bond acceptors (Lipinski definition) is 5. The van der Waals surface area contributed by atoms with Crippen molar-refractivity contribution in [3.05, 3.63) is 42.0 Å². The zero-order chi connectivity index (χ0) is 13.5. The summed E-state index contributed by atoms with van der Waals surface area (Å²) in [6.07, 6.45) is 4.25.